The molecule has 7 heteroatoms. The van der Waals surface area contributed by atoms with Gasteiger partial charge in [-0.2, -0.15) is 0 Å². The Kier molecular flexibility index (Phi) is 7.97. The largest absolute Gasteiger partial charge is 0.478 e. The van der Waals surface area contributed by atoms with Gasteiger partial charge in [0.2, 0.25) is 11.8 Å². The summed E-state index contributed by atoms with van der Waals surface area (Å²) >= 11 is 0. The first-order chi connectivity index (χ1) is 21.9. The zero-order valence-corrected chi connectivity index (χ0v) is 28.5. The molecule has 1 saturated heterocycles. The van der Waals surface area contributed by atoms with Crippen LogP contribution in [0.15, 0.2) is 30.3 Å². The van der Waals surface area contributed by atoms with E-state index in [0.29, 0.717) is 66.1 Å². The lowest BCUT2D eigenvalue weighted by Gasteiger charge is -2.68. The van der Waals surface area contributed by atoms with E-state index in [9.17, 15) is 19.5 Å². The van der Waals surface area contributed by atoms with E-state index in [-0.39, 0.29) is 22.2 Å². The van der Waals surface area contributed by atoms with Crippen LogP contribution in [-0.2, 0) is 9.59 Å². The fourth-order valence-electron chi connectivity index (χ4n) is 12.9. The molecule has 4 saturated carbocycles. The third-order valence-electron chi connectivity index (χ3n) is 14.8. The number of nitrogens with one attached hydrogen (secondary N) is 2. The lowest BCUT2D eigenvalue weighted by molar-refractivity contribution is -0.181. The summed E-state index contributed by atoms with van der Waals surface area (Å²) in [5.74, 6) is 2.59. The van der Waals surface area contributed by atoms with Gasteiger partial charge in [-0.05, 0) is 127 Å². The number of hydrogen-bond donors (Lipinski definition) is 3. The van der Waals surface area contributed by atoms with Crippen LogP contribution in [0.3, 0.4) is 0 Å². The minimum atomic E-state index is -0.874. The van der Waals surface area contributed by atoms with Crippen LogP contribution in [0.1, 0.15) is 108 Å². The first kappa shape index (κ1) is 31.9. The van der Waals surface area contributed by atoms with Gasteiger partial charge in [-0.3, -0.25) is 14.5 Å². The summed E-state index contributed by atoms with van der Waals surface area (Å²) in [7, 11) is 0. The highest BCUT2D eigenvalue weighted by atomic mass is 16.4. The third-order valence-corrected chi connectivity index (χ3v) is 14.8. The van der Waals surface area contributed by atoms with Crippen molar-refractivity contribution in [1.29, 1.82) is 0 Å². The van der Waals surface area contributed by atoms with E-state index < -0.39 is 5.97 Å². The zero-order valence-electron chi connectivity index (χ0n) is 28.5. The average molecular weight is 630 g/mol. The van der Waals surface area contributed by atoms with Gasteiger partial charge in [0.15, 0.2) is 0 Å². The normalized spacial score (nSPS) is 40.0. The Hall–Kier alpha value is -2.67. The Morgan fingerprint density at radius 3 is 2.46 bits per heavy atom. The predicted molar refractivity (Wildman–Crippen MR) is 180 cm³/mol. The molecule has 0 radical (unpaired) electrons. The molecule has 1 aliphatic heterocycles. The number of fused-ring (bicyclic) bond motifs is 7. The Labute approximate surface area is 275 Å². The number of carboxylic acids is 1. The molecule has 46 heavy (non-hydrogen) atoms. The topological polar surface area (TPSA) is 98.7 Å². The lowest BCUT2D eigenvalue weighted by Crippen LogP contribution is -2.62. The van der Waals surface area contributed by atoms with Crippen LogP contribution in [0.5, 0.6) is 0 Å². The number of aromatic carboxylic acids is 1. The predicted octanol–water partition coefficient (Wildman–Crippen LogP) is 6.39. The summed E-state index contributed by atoms with van der Waals surface area (Å²) in [6.07, 6.45) is 14.2. The number of carboxylic acid groups (broad SMARTS) is 1. The summed E-state index contributed by atoms with van der Waals surface area (Å²) in [6, 6.07) is 7.52. The van der Waals surface area contributed by atoms with Crippen LogP contribution in [0, 0.1) is 51.2 Å². The summed E-state index contributed by atoms with van der Waals surface area (Å²) in [5.41, 5.74) is 3.24. The highest BCUT2D eigenvalue weighted by Crippen LogP contribution is 2.73. The van der Waals surface area contributed by atoms with E-state index in [1.165, 1.54) is 56.1 Å². The molecule has 5 aliphatic carbocycles. The van der Waals surface area contributed by atoms with Crippen LogP contribution in [0.2, 0.25) is 0 Å². The number of rotatable bonds is 6. The molecule has 250 valence electrons. The van der Waals surface area contributed by atoms with Crippen LogP contribution >= 0.6 is 0 Å². The standard InChI is InChI=1S/C39H55N3O4/c1-36(2)28(25-7-9-26(10-8-25)34(44)45)13-17-38(4)31(36)15-18-37(3)29-14-19-39(16-5-6-30(39)27(29)11-12-32(37)38)35(46)41-21-23-42-22-20-40-33(43)24-42/h7-10,13,27,29-32H,5-6,11-12,14-24H2,1-4H3,(H,40,43)(H,41,46)(H,44,45). The van der Waals surface area contributed by atoms with Crippen molar-refractivity contribution in [2.75, 3.05) is 32.7 Å². The molecule has 3 N–H and O–H groups in total. The average Bonchev–Trinajstić information content (AvgIpc) is 3.47. The number of allylic oxidation sites excluding steroid dienone is 2. The number of piperazine rings is 1. The number of carbonyl (C=O) groups is 3. The van der Waals surface area contributed by atoms with E-state index in [2.05, 4.69) is 49.3 Å². The molecule has 8 unspecified atom stereocenters. The monoisotopic (exact) mass is 629 g/mol. The molecule has 1 aromatic rings. The van der Waals surface area contributed by atoms with E-state index in [0.717, 1.165) is 32.4 Å². The second kappa shape index (κ2) is 11.5. The fraction of sp³-hybridized carbons (Fsp3) is 0.718. The van der Waals surface area contributed by atoms with Crippen molar-refractivity contribution < 1.29 is 19.5 Å². The Morgan fingerprint density at radius 1 is 0.935 bits per heavy atom. The van der Waals surface area contributed by atoms with Gasteiger partial charge < -0.3 is 15.7 Å². The van der Waals surface area contributed by atoms with E-state index in [1.54, 1.807) is 12.1 Å². The van der Waals surface area contributed by atoms with Crippen LogP contribution < -0.4 is 10.6 Å². The second-order valence-electron chi connectivity index (χ2n) is 17.0. The maximum Gasteiger partial charge on any atom is 0.335 e. The van der Waals surface area contributed by atoms with Gasteiger partial charge in [0, 0.05) is 26.2 Å². The quantitative estimate of drug-likeness (QED) is 0.339. The van der Waals surface area contributed by atoms with Crippen molar-refractivity contribution in [3.05, 3.63) is 41.5 Å². The molecular weight excluding hydrogens is 574 g/mol. The van der Waals surface area contributed by atoms with E-state index in [4.69, 9.17) is 0 Å². The first-order valence-corrected chi connectivity index (χ1v) is 18.2. The smallest absolute Gasteiger partial charge is 0.335 e. The first-order valence-electron chi connectivity index (χ1n) is 18.2. The van der Waals surface area contributed by atoms with Crippen molar-refractivity contribution >= 4 is 23.4 Å². The zero-order chi connectivity index (χ0) is 32.5. The number of carbonyl (C=O) groups excluding carboxylic acids is 2. The summed E-state index contributed by atoms with van der Waals surface area (Å²) in [6.45, 7) is 13.5. The van der Waals surface area contributed by atoms with Crippen molar-refractivity contribution in [2.24, 2.45) is 51.2 Å². The van der Waals surface area contributed by atoms with Crippen molar-refractivity contribution in [2.45, 2.75) is 91.9 Å². The molecular formula is C39H55N3O4. The Balaban J connectivity index is 1.08. The fourth-order valence-corrected chi connectivity index (χ4v) is 12.9. The highest BCUT2D eigenvalue weighted by Gasteiger charge is 2.66. The number of nitrogens with zero attached hydrogens (tertiary/aromatic N) is 1. The molecule has 7 rings (SSSR count). The van der Waals surface area contributed by atoms with Gasteiger partial charge in [-0.1, -0.05) is 52.3 Å². The molecule has 0 spiro atoms. The van der Waals surface area contributed by atoms with Crippen LogP contribution in [0.4, 0.5) is 0 Å². The van der Waals surface area contributed by atoms with Gasteiger partial charge in [-0.25, -0.2) is 4.79 Å². The summed E-state index contributed by atoms with van der Waals surface area (Å²) in [4.78, 5) is 39.4. The number of amides is 2. The summed E-state index contributed by atoms with van der Waals surface area (Å²) < 4.78 is 0. The minimum Gasteiger partial charge on any atom is -0.478 e. The van der Waals surface area contributed by atoms with Gasteiger partial charge in [0.05, 0.1) is 17.5 Å². The van der Waals surface area contributed by atoms with E-state index >= 15 is 0 Å². The SMILES string of the molecule is CC1(C)C(c2ccc(C(=O)O)cc2)=CCC2(C)C1CCC1(C)C3CCC4(C(=O)NCCN5CCNC(=O)C5)CCCC4C3CCC12. The molecule has 0 bridgehead atoms. The Morgan fingerprint density at radius 2 is 1.72 bits per heavy atom. The number of benzene rings is 1. The van der Waals surface area contributed by atoms with Crippen molar-refractivity contribution in [3.8, 4) is 0 Å². The molecule has 7 nitrogen and oxygen atoms in total. The van der Waals surface area contributed by atoms with Crippen LogP contribution in [-0.4, -0.2) is 60.5 Å². The molecule has 6 aliphatic rings. The molecule has 0 aromatic heterocycles. The highest BCUT2D eigenvalue weighted by molar-refractivity contribution is 5.88. The minimum absolute atomic E-state index is 0.0131. The van der Waals surface area contributed by atoms with E-state index in [1.807, 2.05) is 12.1 Å². The van der Waals surface area contributed by atoms with Crippen molar-refractivity contribution in [3.63, 3.8) is 0 Å². The summed E-state index contributed by atoms with van der Waals surface area (Å²) in [5, 5.41) is 15.7. The molecule has 5 fully saturated rings. The van der Waals surface area contributed by atoms with Gasteiger partial charge in [0.25, 0.3) is 0 Å². The van der Waals surface area contributed by atoms with Crippen molar-refractivity contribution in [1.82, 2.24) is 15.5 Å². The second-order valence-corrected chi connectivity index (χ2v) is 17.0. The van der Waals surface area contributed by atoms with Crippen LogP contribution in [0.25, 0.3) is 5.57 Å². The van der Waals surface area contributed by atoms with Gasteiger partial charge >= 0.3 is 5.97 Å². The molecule has 1 heterocycles. The molecule has 8 atom stereocenters. The lowest BCUT2D eigenvalue weighted by atomic mass is 9.36. The number of hydrogen-bond acceptors (Lipinski definition) is 4. The maximum absolute atomic E-state index is 14.0. The van der Waals surface area contributed by atoms with Gasteiger partial charge in [0.1, 0.15) is 0 Å². The van der Waals surface area contributed by atoms with Gasteiger partial charge in [-0.15, -0.1) is 0 Å². The Bertz CT molecular complexity index is 1420. The molecule has 1 aromatic carbocycles. The maximum atomic E-state index is 14.0. The third kappa shape index (κ3) is 4.88. The molecule has 2 amide bonds.